The number of H-pyrrole nitrogens is 2. The van der Waals surface area contributed by atoms with Crippen LogP contribution in [0.15, 0.2) is 99.5 Å². The maximum atomic E-state index is 12.9. The van der Waals surface area contributed by atoms with Crippen LogP contribution in [-0.2, 0) is 4.79 Å². The number of para-hydroxylation sites is 2. The zero-order chi connectivity index (χ0) is 42.5. The maximum absolute atomic E-state index is 12.9. The summed E-state index contributed by atoms with van der Waals surface area (Å²) in [6, 6.07) is 25.9. The lowest BCUT2D eigenvalue weighted by molar-refractivity contribution is 0.167. The number of carbonyl (C=O) groups excluding carboxylic acids is 2. The molecule has 2 amide bonds. The SMILES string of the molecule is Cc1cc(C)c2[nH]c(=O)c(C(C)N(CCO)C(=O)Nc3ccccc3C)cc2c1.Cc1cc(C)c2[nH]c(=O)c(C(C)NCCO)cc2c1.Cc1ccccc1N=C=O. The topological polar surface area (TPSA) is 180 Å². The van der Waals surface area contributed by atoms with E-state index in [1.165, 1.54) is 16.5 Å². The highest BCUT2D eigenvalue weighted by atomic mass is 16.3. The summed E-state index contributed by atoms with van der Waals surface area (Å²) in [7, 11) is 0. The van der Waals surface area contributed by atoms with Crippen LogP contribution in [0.1, 0.15) is 70.4 Å². The summed E-state index contributed by atoms with van der Waals surface area (Å²) in [5, 5.41) is 26.3. The van der Waals surface area contributed by atoms with Gasteiger partial charge in [0.05, 0.1) is 36.0 Å². The summed E-state index contributed by atoms with van der Waals surface area (Å²) in [4.78, 5) is 58.6. The second kappa shape index (κ2) is 20.8. The number of aryl methyl sites for hydroxylation is 6. The summed E-state index contributed by atoms with van der Waals surface area (Å²) in [5.74, 6) is 0. The Balaban J connectivity index is 0.000000218. The molecular formula is C46H54N6O6. The number of aliphatic hydroxyl groups is 2. The number of aromatic amines is 2. The molecule has 0 aliphatic rings. The van der Waals surface area contributed by atoms with Gasteiger partial charge in [0, 0.05) is 35.9 Å². The predicted molar refractivity (Wildman–Crippen MR) is 233 cm³/mol. The summed E-state index contributed by atoms with van der Waals surface area (Å²) in [5.41, 5.74) is 10.3. The minimum absolute atomic E-state index is 0.0635. The van der Waals surface area contributed by atoms with Gasteiger partial charge in [-0.15, -0.1) is 0 Å². The third kappa shape index (κ3) is 11.5. The first-order valence-corrected chi connectivity index (χ1v) is 19.2. The zero-order valence-electron chi connectivity index (χ0n) is 34.5. The first-order valence-electron chi connectivity index (χ1n) is 19.2. The lowest BCUT2D eigenvalue weighted by atomic mass is 10.0. The molecule has 12 heteroatoms. The fraction of sp³-hybridized carbons (Fsp3) is 0.304. The molecule has 0 spiro atoms. The number of hydrogen-bond donors (Lipinski definition) is 6. The minimum atomic E-state index is -0.514. The van der Waals surface area contributed by atoms with Gasteiger partial charge in [-0.25, -0.2) is 9.59 Å². The van der Waals surface area contributed by atoms with E-state index in [1.54, 1.807) is 13.0 Å². The van der Waals surface area contributed by atoms with Crippen molar-refractivity contribution < 1.29 is 19.8 Å². The number of aliphatic hydroxyl groups excluding tert-OH is 2. The number of nitrogens with one attached hydrogen (secondary N) is 4. The van der Waals surface area contributed by atoms with E-state index in [0.717, 1.165) is 49.6 Å². The van der Waals surface area contributed by atoms with Gasteiger partial charge in [-0.2, -0.15) is 4.99 Å². The molecule has 0 bridgehead atoms. The summed E-state index contributed by atoms with van der Waals surface area (Å²) in [6.07, 6.45) is 1.50. The number of benzene rings is 4. The molecule has 2 atom stereocenters. The number of amides is 2. The number of hydrogen-bond acceptors (Lipinski definition) is 8. The van der Waals surface area contributed by atoms with Gasteiger partial charge in [0.2, 0.25) is 6.08 Å². The molecule has 2 aromatic heterocycles. The predicted octanol–water partition coefficient (Wildman–Crippen LogP) is 7.79. The lowest BCUT2D eigenvalue weighted by Crippen LogP contribution is -2.40. The third-order valence-electron chi connectivity index (χ3n) is 9.86. The van der Waals surface area contributed by atoms with Crippen LogP contribution in [-0.4, -0.2) is 63.5 Å². The Labute approximate surface area is 338 Å². The van der Waals surface area contributed by atoms with E-state index < -0.39 is 6.04 Å². The summed E-state index contributed by atoms with van der Waals surface area (Å²) >= 11 is 0. The van der Waals surface area contributed by atoms with Crippen LogP contribution >= 0.6 is 0 Å². The maximum Gasteiger partial charge on any atom is 0.322 e. The van der Waals surface area contributed by atoms with Crippen LogP contribution in [0.3, 0.4) is 0 Å². The molecule has 0 aliphatic heterocycles. The Morgan fingerprint density at radius 2 is 1.26 bits per heavy atom. The highest BCUT2D eigenvalue weighted by Crippen LogP contribution is 2.25. The van der Waals surface area contributed by atoms with Gasteiger partial charge in [0.15, 0.2) is 0 Å². The minimum Gasteiger partial charge on any atom is -0.395 e. The van der Waals surface area contributed by atoms with Crippen molar-refractivity contribution in [3.05, 3.63) is 150 Å². The van der Waals surface area contributed by atoms with E-state index in [-0.39, 0.29) is 43.0 Å². The number of isocyanates is 1. The number of nitrogens with zero attached hydrogens (tertiary/aromatic N) is 2. The molecular weight excluding hydrogens is 733 g/mol. The van der Waals surface area contributed by atoms with E-state index >= 15 is 0 Å². The Kier molecular flexibility index (Phi) is 16.0. The summed E-state index contributed by atoms with van der Waals surface area (Å²) in [6.45, 7) is 16.0. The van der Waals surface area contributed by atoms with Crippen LogP contribution in [0, 0.1) is 41.5 Å². The van der Waals surface area contributed by atoms with Crippen molar-refractivity contribution in [2.45, 2.75) is 67.5 Å². The zero-order valence-corrected chi connectivity index (χ0v) is 34.5. The fourth-order valence-electron chi connectivity index (χ4n) is 6.82. The van der Waals surface area contributed by atoms with Crippen molar-refractivity contribution in [1.82, 2.24) is 20.2 Å². The monoisotopic (exact) mass is 786 g/mol. The van der Waals surface area contributed by atoms with Gasteiger partial charge < -0.3 is 35.7 Å². The molecule has 6 aromatic rings. The largest absolute Gasteiger partial charge is 0.395 e. The van der Waals surface area contributed by atoms with Gasteiger partial charge in [-0.3, -0.25) is 9.59 Å². The van der Waals surface area contributed by atoms with Crippen molar-refractivity contribution in [3.8, 4) is 0 Å². The molecule has 0 aliphatic carbocycles. The van der Waals surface area contributed by atoms with Gasteiger partial charge in [-0.05, 0) is 125 Å². The Morgan fingerprint density at radius 3 is 1.79 bits per heavy atom. The van der Waals surface area contributed by atoms with Crippen molar-refractivity contribution in [2.24, 2.45) is 4.99 Å². The molecule has 6 rings (SSSR count). The molecule has 304 valence electrons. The highest BCUT2D eigenvalue weighted by Gasteiger charge is 2.24. The number of fused-ring (bicyclic) bond motifs is 2. The molecule has 0 saturated carbocycles. The van der Waals surface area contributed by atoms with E-state index in [0.29, 0.717) is 29.0 Å². The third-order valence-corrected chi connectivity index (χ3v) is 9.86. The van der Waals surface area contributed by atoms with Crippen LogP contribution in [0.4, 0.5) is 16.2 Å². The molecule has 0 saturated heterocycles. The first-order chi connectivity index (χ1) is 27.7. The average Bonchev–Trinajstić information content (AvgIpc) is 3.18. The van der Waals surface area contributed by atoms with Crippen molar-refractivity contribution in [2.75, 3.05) is 31.6 Å². The van der Waals surface area contributed by atoms with Gasteiger partial charge in [-0.1, -0.05) is 59.7 Å². The fourth-order valence-corrected chi connectivity index (χ4v) is 6.82. The van der Waals surface area contributed by atoms with Crippen molar-refractivity contribution in [3.63, 3.8) is 0 Å². The lowest BCUT2D eigenvalue weighted by Gasteiger charge is -2.29. The molecule has 2 unspecified atom stereocenters. The van der Waals surface area contributed by atoms with E-state index in [9.17, 15) is 24.3 Å². The van der Waals surface area contributed by atoms with Gasteiger partial charge in [0.25, 0.3) is 11.1 Å². The van der Waals surface area contributed by atoms with Crippen LogP contribution < -0.4 is 21.8 Å². The van der Waals surface area contributed by atoms with Crippen molar-refractivity contribution >= 4 is 45.3 Å². The van der Waals surface area contributed by atoms with E-state index in [4.69, 9.17) is 5.11 Å². The van der Waals surface area contributed by atoms with E-state index in [1.807, 2.05) is 115 Å². The van der Waals surface area contributed by atoms with Crippen molar-refractivity contribution in [1.29, 1.82) is 0 Å². The molecule has 58 heavy (non-hydrogen) atoms. The standard InChI is InChI=1S/C23H27N3O3.C15H20N2O2.C8H7NO/c1-14-11-16(3)21-18(12-14)13-19(22(28)25-21)17(4)26(9-10-27)23(29)24-20-8-6-5-7-15(20)2;1-9-6-10(2)14-12(7-9)8-13(15(19)17-14)11(3)16-4-5-18;1-7-4-2-3-5-8(7)9-6-10/h5-8,11-13,17,27H,9-10H2,1-4H3,(H,24,29)(H,25,28);6-8,11,16,18H,4-5H2,1-3H3,(H,17,19);2-5H,1H3. The molecule has 6 N–H and O–H groups in total. The van der Waals surface area contributed by atoms with Crippen LogP contribution in [0.5, 0.6) is 0 Å². The van der Waals surface area contributed by atoms with Gasteiger partial charge >= 0.3 is 6.03 Å². The van der Waals surface area contributed by atoms with Crippen LogP contribution in [0.2, 0.25) is 0 Å². The normalized spacial score (nSPS) is 11.7. The number of carbonyl (C=O) groups is 1. The van der Waals surface area contributed by atoms with Crippen LogP contribution in [0.25, 0.3) is 21.8 Å². The van der Waals surface area contributed by atoms with E-state index in [2.05, 4.69) is 37.7 Å². The number of anilines is 1. The molecule has 0 radical (unpaired) electrons. The smallest absolute Gasteiger partial charge is 0.322 e. The Hall–Kier alpha value is -6.17. The molecule has 2 heterocycles. The Bertz CT molecular complexity index is 2540. The second-order valence-electron chi connectivity index (χ2n) is 14.4. The van der Waals surface area contributed by atoms with Gasteiger partial charge in [0.1, 0.15) is 0 Å². The number of aromatic nitrogens is 2. The number of urea groups is 1. The average molecular weight is 787 g/mol. The Morgan fingerprint density at radius 1 is 0.724 bits per heavy atom. The number of aliphatic imine (C=N–C) groups is 1. The number of rotatable bonds is 10. The quantitative estimate of drug-likeness (QED) is 0.0606. The molecule has 0 fully saturated rings. The number of pyridine rings is 2. The summed E-state index contributed by atoms with van der Waals surface area (Å²) < 4.78 is 0. The second-order valence-corrected chi connectivity index (χ2v) is 14.4. The molecule has 12 nitrogen and oxygen atoms in total. The molecule has 4 aromatic carbocycles. The first kappa shape index (κ1) is 44.5. The highest BCUT2D eigenvalue weighted by molar-refractivity contribution is 5.90.